The number of furan rings is 1. The fraction of sp³-hybridized carbons (Fsp3) is 0.125. The van der Waals surface area contributed by atoms with Crippen LogP contribution in [0.1, 0.15) is 27.2 Å². The summed E-state index contributed by atoms with van der Waals surface area (Å²) in [6.45, 7) is 0. The summed E-state index contributed by atoms with van der Waals surface area (Å²) in [6.07, 6.45) is 0.695. The lowest BCUT2D eigenvalue weighted by Gasteiger charge is -2.17. The van der Waals surface area contributed by atoms with Crippen molar-refractivity contribution in [2.45, 2.75) is 10.1 Å². The number of methoxy groups -OCH3 is 2. The Bertz CT molecular complexity index is 1140. The van der Waals surface area contributed by atoms with E-state index in [4.69, 9.17) is 13.9 Å². The van der Waals surface area contributed by atoms with Crippen LogP contribution in [-0.4, -0.2) is 30.5 Å². The largest absolute Gasteiger partial charge is 0.481 e. The SMILES string of the molecule is COc1cc(OC)nc(C(Sc2ccc(-c3ccc(C=O)o3)cc2)c2ccccc2)n1. The van der Waals surface area contributed by atoms with Crippen LogP contribution in [0.15, 0.2) is 82.1 Å². The second-order valence-corrected chi connectivity index (χ2v) is 7.74. The van der Waals surface area contributed by atoms with Gasteiger partial charge in [-0.1, -0.05) is 42.5 Å². The second-order valence-electron chi connectivity index (χ2n) is 6.56. The molecule has 156 valence electrons. The number of carbonyl (C=O) groups excluding carboxylic acids is 1. The molecule has 1 atom stereocenters. The Kier molecular flexibility index (Phi) is 6.33. The Morgan fingerprint density at radius 1 is 0.903 bits per heavy atom. The van der Waals surface area contributed by atoms with Crippen LogP contribution in [0, 0.1) is 0 Å². The van der Waals surface area contributed by atoms with E-state index in [2.05, 4.69) is 9.97 Å². The summed E-state index contributed by atoms with van der Waals surface area (Å²) in [7, 11) is 3.14. The molecule has 0 radical (unpaired) electrons. The number of aldehydes is 1. The molecule has 2 aromatic heterocycles. The second kappa shape index (κ2) is 9.49. The van der Waals surface area contributed by atoms with Gasteiger partial charge in [0, 0.05) is 10.5 Å². The third-order valence-electron chi connectivity index (χ3n) is 4.59. The van der Waals surface area contributed by atoms with Gasteiger partial charge in [-0.05, 0) is 29.8 Å². The van der Waals surface area contributed by atoms with Crippen LogP contribution in [-0.2, 0) is 0 Å². The van der Waals surface area contributed by atoms with Gasteiger partial charge in [0.2, 0.25) is 11.8 Å². The van der Waals surface area contributed by atoms with E-state index in [-0.39, 0.29) is 5.25 Å². The van der Waals surface area contributed by atoms with Gasteiger partial charge < -0.3 is 13.9 Å². The average molecular weight is 433 g/mol. The number of hydrogen-bond donors (Lipinski definition) is 0. The molecule has 7 heteroatoms. The van der Waals surface area contributed by atoms with E-state index in [1.54, 1.807) is 44.2 Å². The van der Waals surface area contributed by atoms with Crippen LogP contribution in [0.3, 0.4) is 0 Å². The van der Waals surface area contributed by atoms with Gasteiger partial charge in [-0.25, -0.2) is 0 Å². The van der Waals surface area contributed by atoms with Crippen LogP contribution in [0.2, 0.25) is 0 Å². The molecule has 0 fully saturated rings. The van der Waals surface area contributed by atoms with E-state index in [0.29, 0.717) is 35.4 Å². The van der Waals surface area contributed by atoms with Crippen molar-refractivity contribution in [1.82, 2.24) is 9.97 Å². The summed E-state index contributed by atoms with van der Waals surface area (Å²) in [4.78, 5) is 21.0. The predicted molar refractivity (Wildman–Crippen MR) is 119 cm³/mol. The summed E-state index contributed by atoms with van der Waals surface area (Å²) in [5.41, 5.74) is 1.96. The molecule has 0 aliphatic rings. The molecular weight excluding hydrogens is 412 g/mol. The highest BCUT2D eigenvalue weighted by atomic mass is 32.2. The van der Waals surface area contributed by atoms with Crippen LogP contribution >= 0.6 is 11.8 Å². The van der Waals surface area contributed by atoms with Gasteiger partial charge in [0.1, 0.15) is 5.76 Å². The monoisotopic (exact) mass is 432 g/mol. The fourth-order valence-electron chi connectivity index (χ4n) is 3.05. The number of hydrogen-bond acceptors (Lipinski definition) is 7. The van der Waals surface area contributed by atoms with Crippen LogP contribution < -0.4 is 9.47 Å². The van der Waals surface area contributed by atoms with Gasteiger partial charge in [0.25, 0.3) is 0 Å². The minimum absolute atomic E-state index is 0.165. The van der Waals surface area contributed by atoms with Crippen molar-refractivity contribution >= 4 is 18.0 Å². The normalized spacial score (nSPS) is 11.7. The highest BCUT2D eigenvalue weighted by molar-refractivity contribution is 7.99. The van der Waals surface area contributed by atoms with Gasteiger partial charge in [-0.2, -0.15) is 9.97 Å². The molecule has 4 rings (SSSR count). The molecule has 2 heterocycles. The molecule has 6 nitrogen and oxygen atoms in total. The van der Waals surface area contributed by atoms with Gasteiger partial charge in [-0.3, -0.25) is 4.79 Å². The molecule has 4 aromatic rings. The Labute approximate surface area is 184 Å². The number of ether oxygens (including phenoxy) is 2. The van der Waals surface area contributed by atoms with E-state index in [1.165, 1.54) is 0 Å². The number of carbonyl (C=O) groups is 1. The first kappa shape index (κ1) is 20.7. The number of benzene rings is 2. The summed E-state index contributed by atoms with van der Waals surface area (Å²) < 4.78 is 16.2. The molecule has 2 aromatic carbocycles. The lowest BCUT2D eigenvalue weighted by atomic mass is 10.1. The molecule has 0 aliphatic carbocycles. The van der Waals surface area contributed by atoms with Gasteiger partial charge >= 0.3 is 0 Å². The highest BCUT2D eigenvalue weighted by Crippen LogP contribution is 2.40. The van der Waals surface area contributed by atoms with Crippen molar-refractivity contribution < 1.29 is 18.7 Å². The van der Waals surface area contributed by atoms with Crippen molar-refractivity contribution in [3.05, 3.63) is 89.9 Å². The Hall–Kier alpha value is -3.58. The van der Waals surface area contributed by atoms with Crippen LogP contribution in [0.4, 0.5) is 0 Å². The maximum Gasteiger partial charge on any atom is 0.220 e. The first-order valence-electron chi connectivity index (χ1n) is 9.54. The lowest BCUT2D eigenvalue weighted by molar-refractivity contribution is 0.110. The third-order valence-corrected chi connectivity index (χ3v) is 5.85. The zero-order valence-electron chi connectivity index (χ0n) is 17.0. The van der Waals surface area contributed by atoms with E-state index in [9.17, 15) is 4.79 Å². The number of rotatable bonds is 8. The fourth-order valence-corrected chi connectivity index (χ4v) is 4.12. The quantitative estimate of drug-likeness (QED) is 0.271. The summed E-state index contributed by atoms with van der Waals surface area (Å²) in [5.74, 6) is 2.45. The molecule has 0 saturated heterocycles. The molecular formula is C24H20N2O4S. The molecule has 0 saturated carbocycles. The zero-order valence-corrected chi connectivity index (χ0v) is 17.8. The van der Waals surface area contributed by atoms with Crippen LogP contribution in [0.5, 0.6) is 11.8 Å². The smallest absolute Gasteiger partial charge is 0.220 e. The van der Waals surface area contributed by atoms with Crippen molar-refractivity contribution in [3.8, 4) is 23.1 Å². The first-order chi connectivity index (χ1) is 15.2. The number of thioether (sulfide) groups is 1. The summed E-state index contributed by atoms with van der Waals surface area (Å²) in [5, 5.41) is -0.165. The standard InChI is InChI=1S/C24H20N2O4S/c1-28-21-14-22(29-2)26-24(25-21)23(17-6-4-3-5-7-17)31-19-11-8-16(9-12-19)20-13-10-18(15-27)30-20/h3-15,23H,1-2H3. The Morgan fingerprint density at radius 2 is 1.58 bits per heavy atom. The van der Waals surface area contributed by atoms with Crippen molar-refractivity contribution in [3.63, 3.8) is 0 Å². The van der Waals surface area contributed by atoms with E-state index >= 15 is 0 Å². The number of nitrogens with zero attached hydrogens (tertiary/aromatic N) is 2. The third kappa shape index (κ3) is 4.78. The molecule has 0 aliphatic heterocycles. The topological polar surface area (TPSA) is 74.5 Å². The van der Waals surface area contributed by atoms with E-state index in [1.807, 2.05) is 54.6 Å². The minimum Gasteiger partial charge on any atom is -0.481 e. The number of aromatic nitrogens is 2. The average Bonchev–Trinajstić information content (AvgIpc) is 3.32. The van der Waals surface area contributed by atoms with Crippen LogP contribution in [0.25, 0.3) is 11.3 Å². The predicted octanol–water partition coefficient (Wildman–Crippen LogP) is 5.45. The van der Waals surface area contributed by atoms with E-state index < -0.39 is 0 Å². The Balaban J connectivity index is 1.66. The van der Waals surface area contributed by atoms with Gasteiger partial charge in [-0.15, -0.1) is 11.8 Å². The minimum atomic E-state index is -0.165. The van der Waals surface area contributed by atoms with Crippen molar-refractivity contribution in [1.29, 1.82) is 0 Å². The summed E-state index contributed by atoms with van der Waals surface area (Å²) >= 11 is 1.62. The van der Waals surface area contributed by atoms with Crippen molar-refractivity contribution in [2.24, 2.45) is 0 Å². The van der Waals surface area contributed by atoms with Crippen molar-refractivity contribution in [2.75, 3.05) is 14.2 Å². The highest BCUT2D eigenvalue weighted by Gasteiger charge is 2.21. The van der Waals surface area contributed by atoms with Gasteiger partial charge in [0.05, 0.1) is 25.5 Å². The first-order valence-corrected chi connectivity index (χ1v) is 10.4. The molecule has 0 spiro atoms. The molecule has 31 heavy (non-hydrogen) atoms. The van der Waals surface area contributed by atoms with E-state index in [0.717, 1.165) is 16.0 Å². The molecule has 0 N–H and O–H groups in total. The maximum atomic E-state index is 10.9. The maximum absolute atomic E-state index is 10.9. The van der Waals surface area contributed by atoms with Gasteiger partial charge in [0.15, 0.2) is 17.9 Å². The lowest BCUT2D eigenvalue weighted by Crippen LogP contribution is -2.06. The molecule has 0 amide bonds. The summed E-state index contributed by atoms with van der Waals surface area (Å²) in [6, 6.07) is 23.1. The molecule has 1 unspecified atom stereocenters. The zero-order chi connectivity index (χ0) is 21.6. The molecule has 0 bridgehead atoms. The Morgan fingerprint density at radius 3 is 2.16 bits per heavy atom.